The van der Waals surface area contributed by atoms with E-state index in [1.807, 2.05) is 0 Å². The SMILES string of the molecule is CCC1CCCc2c(CBr)nc(C)n21. The van der Waals surface area contributed by atoms with E-state index in [9.17, 15) is 0 Å². The summed E-state index contributed by atoms with van der Waals surface area (Å²) in [6, 6.07) is 0.694. The van der Waals surface area contributed by atoms with E-state index in [1.165, 1.54) is 42.9 Å². The van der Waals surface area contributed by atoms with Gasteiger partial charge in [-0.3, -0.25) is 0 Å². The minimum atomic E-state index is 0.694. The number of fused-ring (bicyclic) bond motifs is 1. The molecule has 0 amide bonds. The first-order valence-corrected chi connectivity index (χ1v) is 6.52. The maximum Gasteiger partial charge on any atom is 0.106 e. The molecule has 14 heavy (non-hydrogen) atoms. The van der Waals surface area contributed by atoms with Crippen LogP contribution in [0.25, 0.3) is 0 Å². The molecule has 1 atom stereocenters. The second-order valence-corrected chi connectivity index (χ2v) is 4.57. The Bertz CT molecular complexity index is 330. The molecule has 3 heteroatoms. The molecule has 0 aliphatic carbocycles. The minimum absolute atomic E-state index is 0.694. The van der Waals surface area contributed by atoms with Crippen LogP contribution in [0.3, 0.4) is 0 Å². The summed E-state index contributed by atoms with van der Waals surface area (Å²) in [6.07, 6.45) is 5.08. The van der Waals surface area contributed by atoms with E-state index in [-0.39, 0.29) is 0 Å². The van der Waals surface area contributed by atoms with Crippen LogP contribution in [0.15, 0.2) is 0 Å². The molecule has 0 saturated heterocycles. The van der Waals surface area contributed by atoms with Crippen LogP contribution in [0.4, 0.5) is 0 Å². The van der Waals surface area contributed by atoms with E-state index in [0.29, 0.717) is 6.04 Å². The number of aromatic nitrogens is 2. The lowest BCUT2D eigenvalue weighted by atomic mass is 10.00. The topological polar surface area (TPSA) is 17.8 Å². The van der Waals surface area contributed by atoms with Crippen LogP contribution in [0.2, 0.25) is 0 Å². The molecule has 1 aromatic rings. The number of aryl methyl sites for hydroxylation is 1. The molecule has 1 aliphatic rings. The van der Waals surface area contributed by atoms with E-state index >= 15 is 0 Å². The summed E-state index contributed by atoms with van der Waals surface area (Å²) in [5, 5.41) is 0.895. The molecule has 0 radical (unpaired) electrons. The van der Waals surface area contributed by atoms with Crippen molar-refractivity contribution in [2.45, 2.75) is 50.9 Å². The summed E-state index contributed by atoms with van der Waals surface area (Å²) in [5.41, 5.74) is 2.72. The van der Waals surface area contributed by atoms with Crippen molar-refractivity contribution in [2.75, 3.05) is 0 Å². The fourth-order valence-corrected chi connectivity index (χ4v) is 2.97. The Morgan fingerprint density at radius 2 is 2.36 bits per heavy atom. The zero-order chi connectivity index (χ0) is 10.1. The molecule has 0 bridgehead atoms. The van der Waals surface area contributed by atoms with Gasteiger partial charge >= 0.3 is 0 Å². The number of hydrogen-bond acceptors (Lipinski definition) is 1. The van der Waals surface area contributed by atoms with Gasteiger partial charge in [-0.15, -0.1) is 0 Å². The third-order valence-electron chi connectivity index (χ3n) is 3.18. The summed E-state index contributed by atoms with van der Waals surface area (Å²) >= 11 is 3.52. The van der Waals surface area contributed by atoms with Crippen molar-refractivity contribution in [1.82, 2.24) is 9.55 Å². The summed E-state index contributed by atoms with van der Waals surface area (Å²) in [5.74, 6) is 1.20. The zero-order valence-corrected chi connectivity index (χ0v) is 10.5. The second-order valence-electron chi connectivity index (χ2n) is 4.01. The first-order valence-electron chi connectivity index (χ1n) is 5.40. The number of nitrogens with zero attached hydrogens (tertiary/aromatic N) is 2. The fraction of sp³-hybridized carbons (Fsp3) is 0.727. The van der Waals surface area contributed by atoms with Crippen LogP contribution in [0.1, 0.15) is 49.4 Å². The monoisotopic (exact) mass is 256 g/mol. The summed E-state index contributed by atoms with van der Waals surface area (Å²) < 4.78 is 2.46. The van der Waals surface area contributed by atoms with Crippen LogP contribution < -0.4 is 0 Å². The van der Waals surface area contributed by atoms with E-state index in [1.54, 1.807) is 0 Å². The number of hydrogen-bond donors (Lipinski definition) is 0. The molecule has 1 aliphatic heterocycles. The van der Waals surface area contributed by atoms with Crippen LogP contribution in [-0.4, -0.2) is 9.55 Å². The van der Waals surface area contributed by atoms with Gasteiger partial charge in [0.15, 0.2) is 0 Å². The van der Waals surface area contributed by atoms with Gasteiger partial charge in [0, 0.05) is 17.1 Å². The average Bonchev–Trinajstić information content (AvgIpc) is 2.55. The van der Waals surface area contributed by atoms with E-state index in [0.717, 1.165) is 5.33 Å². The highest BCUT2D eigenvalue weighted by molar-refractivity contribution is 9.08. The smallest absolute Gasteiger partial charge is 0.106 e. The summed E-state index contributed by atoms with van der Waals surface area (Å²) in [4.78, 5) is 4.63. The maximum atomic E-state index is 4.63. The van der Waals surface area contributed by atoms with Crippen LogP contribution >= 0.6 is 15.9 Å². The van der Waals surface area contributed by atoms with Crippen LogP contribution in [0, 0.1) is 6.92 Å². The van der Waals surface area contributed by atoms with Gasteiger partial charge in [0.25, 0.3) is 0 Å². The first-order chi connectivity index (χ1) is 6.77. The normalized spacial score (nSPS) is 20.9. The van der Waals surface area contributed by atoms with Crippen LogP contribution in [0.5, 0.6) is 0 Å². The Hall–Kier alpha value is -0.310. The molecule has 0 spiro atoms. The van der Waals surface area contributed by atoms with E-state index < -0.39 is 0 Å². The molecule has 1 unspecified atom stereocenters. The lowest BCUT2D eigenvalue weighted by Crippen LogP contribution is -2.18. The van der Waals surface area contributed by atoms with Crippen molar-refractivity contribution < 1.29 is 0 Å². The lowest BCUT2D eigenvalue weighted by Gasteiger charge is -2.26. The lowest BCUT2D eigenvalue weighted by molar-refractivity contribution is 0.384. The van der Waals surface area contributed by atoms with Crippen LogP contribution in [-0.2, 0) is 11.8 Å². The van der Waals surface area contributed by atoms with Gasteiger partial charge in [0.2, 0.25) is 0 Å². The molecular formula is C11H17BrN2. The highest BCUT2D eigenvalue weighted by Crippen LogP contribution is 2.31. The van der Waals surface area contributed by atoms with Gasteiger partial charge in [-0.1, -0.05) is 22.9 Å². The molecule has 1 aromatic heterocycles. The quantitative estimate of drug-likeness (QED) is 0.743. The molecule has 0 saturated carbocycles. The van der Waals surface area contributed by atoms with Gasteiger partial charge in [0.05, 0.1) is 5.69 Å². The fourth-order valence-electron chi connectivity index (χ4n) is 2.53. The zero-order valence-electron chi connectivity index (χ0n) is 8.89. The summed E-state index contributed by atoms with van der Waals surface area (Å²) in [6.45, 7) is 4.40. The number of imidazole rings is 1. The van der Waals surface area contributed by atoms with Crippen molar-refractivity contribution >= 4 is 15.9 Å². The molecule has 0 N–H and O–H groups in total. The Morgan fingerprint density at radius 1 is 1.57 bits per heavy atom. The molecular weight excluding hydrogens is 240 g/mol. The van der Waals surface area contributed by atoms with E-state index in [2.05, 4.69) is 39.3 Å². The van der Waals surface area contributed by atoms with E-state index in [4.69, 9.17) is 0 Å². The van der Waals surface area contributed by atoms with Gasteiger partial charge in [-0.05, 0) is 32.6 Å². The highest BCUT2D eigenvalue weighted by atomic mass is 79.9. The number of rotatable bonds is 2. The molecule has 2 heterocycles. The molecule has 0 fully saturated rings. The average molecular weight is 257 g/mol. The van der Waals surface area contributed by atoms with Crippen molar-refractivity contribution in [3.05, 3.63) is 17.2 Å². The Balaban J connectivity index is 2.46. The van der Waals surface area contributed by atoms with Crippen molar-refractivity contribution in [2.24, 2.45) is 0 Å². The molecule has 0 aromatic carbocycles. The third-order valence-corrected chi connectivity index (χ3v) is 3.71. The first kappa shape index (κ1) is 10.2. The van der Waals surface area contributed by atoms with Crippen molar-refractivity contribution in [3.63, 3.8) is 0 Å². The molecule has 2 rings (SSSR count). The van der Waals surface area contributed by atoms with Gasteiger partial charge in [0.1, 0.15) is 5.82 Å². The number of halogens is 1. The maximum absolute atomic E-state index is 4.63. The minimum Gasteiger partial charge on any atom is -0.329 e. The standard InChI is InChI=1S/C11H17BrN2/c1-3-9-5-4-6-11-10(7-12)13-8(2)14(9)11/h9H,3-7H2,1-2H3. The predicted molar refractivity (Wildman–Crippen MR) is 61.9 cm³/mol. The Labute approximate surface area is 93.9 Å². The van der Waals surface area contributed by atoms with Gasteiger partial charge in [-0.2, -0.15) is 0 Å². The highest BCUT2D eigenvalue weighted by Gasteiger charge is 2.23. The van der Waals surface area contributed by atoms with Crippen molar-refractivity contribution in [1.29, 1.82) is 0 Å². The number of alkyl halides is 1. The summed E-state index contributed by atoms with van der Waals surface area (Å²) in [7, 11) is 0. The second kappa shape index (κ2) is 4.05. The Morgan fingerprint density at radius 3 is 3.00 bits per heavy atom. The van der Waals surface area contributed by atoms with Gasteiger partial charge in [-0.25, -0.2) is 4.98 Å². The Kier molecular flexibility index (Phi) is 2.96. The molecule has 78 valence electrons. The third kappa shape index (κ3) is 1.52. The van der Waals surface area contributed by atoms with Gasteiger partial charge < -0.3 is 4.57 Å². The largest absolute Gasteiger partial charge is 0.329 e. The van der Waals surface area contributed by atoms with Crippen molar-refractivity contribution in [3.8, 4) is 0 Å². The molecule has 2 nitrogen and oxygen atoms in total. The predicted octanol–water partition coefficient (Wildman–Crippen LogP) is 3.37.